The molecule has 0 aliphatic heterocycles. The highest BCUT2D eigenvalue weighted by atomic mass is 127. The summed E-state index contributed by atoms with van der Waals surface area (Å²) >= 11 is 2.07. The number of aliphatic hydroxyl groups excluding tert-OH is 1. The minimum Gasteiger partial charge on any atom is -0.383 e. The zero-order valence-electron chi connectivity index (χ0n) is 4.30. The highest BCUT2D eigenvalue weighted by molar-refractivity contribution is 14.1. The van der Waals surface area contributed by atoms with Crippen LogP contribution in [0.3, 0.4) is 0 Å². The van der Waals surface area contributed by atoms with Gasteiger partial charge in [-0.2, -0.15) is 0 Å². The largest absolute Gasteiger partial charge is 0.383 e. The van der Waals surface area contributed by atoms with E-state index in [1.165, 1.54) is 0 Å². The molecule has 0 aromatic carbocycles. The molecule has 4 heteroatoms. The van der Waals surface area contributed by atoms with Gasteiger partial charge in [-0.15, -0.1) is 0 Å². The molecule has 48 valence electrons. The lowest BCUT2D eigenvalue weighted by Crippen LogP contribution is -2.28. The average molecular weight is 229 g/mol. The molecule has 0 saturated heterocycles. The molecule has 1 atom stereocenters. The maximum atomic E-state index is 10.1. The first-order chi connectivity index (χ1) is 3.68. The number of aliphatic hydroxyl groups is 1. The molecular formula is C4H8INO2. The highest BCUT2D eigenvalue weighted by Crippen LogP contribution is 1.93. The predicted octanol–water partition coefficient (Wildman–Crippen LogP) is -0.342. The number of nitrogens with two attached hydrogens (primary N) is 1. The Morgan fingerprint density at radius 1 is 1.88 bits per heavy atom. The Morgan fingerprint density at radius 3 is 2.50 bits per heavy atom. The van der Waals surface area contributed by atoms with Crippen LogP contribution >= 0.6 is 22.6 Å². The van der Waals surface area contributed by atoms with Crippen molar-refractivity contribution in [3.8, 4) is 0 Å². The number of halogens is 1. The zero-order valence-corrected chi connectivity index (χ0v) is 6.46. The van der Waals surface area contributed by atoms with Gasteiger partial charge in [0.1, 0.15) is 6.10 Å². The molecule has 0 aromatic rings. The molecule has 3 N–H and O–H groups in total. The molecule has 0 aliphatic carbocycles. The maximum Gasteiger partial charge on any atom is 0.246 e. The second kappa shape index (κ2) is 4.08. The van der Waals surface area contributed by atoms with Crippen LogP contribution in [-0.2, 0) is 4.79 Å². The normalized spacial score (nSPS) is 13.2. The van der Waals surface area contributed by atoms with Crippen molar-refractivity contribution in [3.63, 3.8) is 0 Å². The van der Waals surface area contributed by atoms with Crippen LogP contribution in [0.15, 0.2) is 0 Å². The number of carbonyl (C=O) groups excluding carboxylic acids is 1. The van der Waals surface area contributed by atoms with E-state index in [4.69, 9.17) is 10.8 Å². The van der Waals surface area contributed by atoms with Gasteiger partial charge in [0.25, 0.3) is 0 Å². The minimum absolute atomic E-state index is 0.454. The Morgan fingerprint density at radius 2 is 2.38 bits per heavy atom. The molecule has 0 bridgehead atoms. The minimum atomic E-state index is -0.952. The van der Waals surface area contributed by atoms with E-state index in [0.717, 1.165) is 4.43 Å². The summed E-state index contributed by atoms with van der Waals surface area (Å²) in [6.07, 6.45) is -0.498. The second-order valence-electron chi connectivity index (χ2n) is 1.40. The Labute approximate surface area is 61.4 Å². The van der Waals surface area contributed by atoms with Gasteiger partial charge in [-0.05, 0) is 6.42 Å². The summed E-state index contributed by atoms with van der Waals surface area (Å²) in [5.74, 6) is -0.637. The molecule has 1 amide bonds. The molecule has 0 heterocycles. The predicted molar refractivity (Wildman–Crippen MR) is 38.7 cm³/mol. The van der Waals surface area contributed by atoms with E-state index in [0.29, 0.717) is 6.42 Å². The number of amides is 1. The highest BCUT2D eigenvalue weighted by Gasteiger charge is 2.07. The first-order valence-corrected chi connectivity index (χ1v) is 3.74. The number of rotatable bonds is 3. The third-order valence-electron chi connectivity index (χ3n) is 0.711. The fourth-order valence-electron chi connectivity index (χ4n) is 0.246. The Hall–Kier alpha value is 0.160. The van der Waals surface area contributed by atoms with Crippen molar-refractivity contribution in [2.75, 3.05) is 4.43 Å². The van der Waals surface area contributed by atoms with Gasteiger partial charge in [0.2, 0.25) is 5.91 Å². The Kier molecular flexibility index (Phi) is 4.16. The summed E-state index contributed by atoms with van der Waals surface area (Å²) in [4.78, 5) is 10.1. The average Bonchev–Trinajstić information content (AvgIpc) is 1.67. The molecule has 0 radical (unpaired) electrons. The van der Waals surface area contributed by atoms with Gasteiger partial charge in [0.15, 0.2) is 0 Å². The van der Waals surface area contributed by atoms with Gasteiger partial charge in [0.05, 0.1) is 0 Å². The monoisotopic (exact) mass is 229 g/mol. The molecule has 0 unspecified atom stereocenters. The third-order valence-corrected chi connectivity index (χ3v) is 1.33. The van der Waals surface area contributed by atoms with Crippen molar-refractivity contribution < 1.29 is 9.90 Å². The van der Waals surface area contributed by atoms with Gasteiger partial charge in [-0.25, -0.2) is 0 Å². The van der Waals surface area contributed by atoms with E-state index in [2.05, 4.69) is 22.6 Å². The van der Waals surface area contributed by atoms with Gasteiger partial charge >= 0.3 is 0 Å². The van der Waals surface area contributed by atoms with Crippen molar-refractivity contribution in [2.24, 2.45) is 5.73 Å². The van der Waals surface area contributed by atoms with Gasteiger partial charge < -0.3 is 10.8 Å². The lowest BCUT2D eigenvalue weighted by Gasteiger charge is -2.00. The quantitative estimate of drug-likeness (QED) is 0.513. The van der Waals surface area contributed by atoms with Crippen LogP contribution in [0.5, 0.6) is 0 Å². The van der Waals surface area contributed by atoms with E-state index >= 15 is 0 Å². The third kappa shape index (κ3) is 3.20. The molecule has 8 heavy (non-hydrogen) atoms. The lowest BCUT2D eigenvalue weighted by molar-refractivity contribution is -0.126. The molecular weight excluding hydrogens is 221 g/mol. The van der Waals surface area contributed by atoms with Crippen LogP contribution in [-0.4, -0.2) is 21.5 Å². The van der Waals surface area contributed by atoms with Crippen molar-refractivity contribution in [1.82, 2.24) is 0 Å². The van der Waals surface area contributed by atoms with Crippen molar-refractivity contribution >= 4 is 28.5 Å². The summed E-state index contributed by atoms with van der Waals surface area (Å²) in [5.41, 5.74) is 4.73. The summed E-state index contributed by atoms with van der Waals surface area (Å²) in [6, 6.07) is 0. The molecule has 0 aromatic heterocycles. The molecule has 0 fully saturated rings. The standard InChI is InChI=1S/C4H8INO2/c5-2-1-3(7)4(6)8/h3,7H,1-2H2,(H2,6,8)/t3-/m0/s1. The maximum absolute atomic E-state index is 10.1. The molecule has 0 saturated carbocycles. The fraction of sp³-hybridized carbons (Fsp3) is 0.750. The summed E-state index contributed by atoms with van der Waals surface area (Å²) < 4.78 is 0.752. The SMILES string of the molecule is NC(=O)[C@@H](O)CCI. The molecule has 0 aliphatic rings. The number of alkyl halides is 1. The van der Waals surface area contributed by atoms with Gasteiger partial charge in [0, 0.05) is 4.43 Å². The van der Waals surface area contributed by atoms with Crippen LogP contribution in [0.4, 0.5) is 0 Å². The van der Waals surface area contributed by atoms with Gasteiger partial charge in [-0.1, -0.05) is 22.6 Å². The Balaban J connectivity index is 3.32. The second-order valence-corrected chi connectivity index (χ2v) is 2.47. The number of carbonyl (C=O) groups is 1. The topological polar surface area (TPSA) is 63.3 Å². The Bertz CT molecular complexity index is 86.1. The van der Waals surface area contributed by atoms with E-state index in [-0.39, 0.29) is 0 Å². The smallest absolute Gasteiger partial charge is 0.246 e. The van der Waals surface area contributed by atoms with Gasteiger partial charge in [-0.3, -0.25) is 4.79 Å². The van der Waals surface area contributed by atoms with Crippen LogP contribution in [0, 0.1) is 0 Å². The number of hydrogen-bond donors (Lipinski definition) is 2. The zero-order chi connectivity index (χ0) is 6.57. The summed E-state index contributed by atoms with van der Waals surface area (Å²) in [5, 5.41) is 8.65. The first-order valence-electron chi connectivity index (χ1n) is 2.22. The fourth-order valence-corrected chi connectivity index (χ4v) is 0.836. The van der Waals surface area contributed by atoms with Crippen LogP contribution in [0.2, 0.25) is 0 Å². The van der Waals surface area contributed by atoms with Crippen LogP contribution in [0.25, 0.3) is 0 Å². The number of hydrogen-bond acceptors (Lipinski definition) is 2. The number of primary amides is 1. The lowest BCUT2D eigenvalue weighted by atomic mass is 10.3. The van der Waals surface area contributed by atoms with Crippen LogP contribution < -0.4 is 5.73 Å². The van der Waals surface area contributed by atoms with Crippen molar-refractivity contribution in [3.05, 3.63) is 0 Å². The van der Waals surface area contributed by atoms with Crippen LogP contribution in [0.1, 0.15) is 6.42 Å². The van der Waals surface area contributed by atoms with E-state index < -0.39 is 12.0 Å². The van der Waals surface area contributed by atoms with Crippen molar-refractivity contribution in [2.45, 2.75) is 12.5 Å². The molecule has 0 spiro atoms. The van der Waals surface area contributed by atoms with E-state index in [1.54, 1.807) is 0 Å². The molecule has 0 rings (SSSR count). The van der Waals surface area contributed by atoms with E-state index in [1.807, 2.05) is 0 Å². The van der Waals surface area contributed by atoms with Crippen molar-refractivity contribution in [1.29, 1.82) is 0 Å². The molecule has 3 nitrogen and oxygen atoms in total. The first kappa shape index (κ1) is 8.16. The summed E-state index contributed by atoms with van der Waals surface area (Å²) in [7, 11) is 0. The summed E-state index contributed by atoms with van der Waals surface area (Å²) in [6.45, 7) is 0. The van der Waals surface area contributed by atoms with E-state index in [9.17, 15) is 4.79 Å².